The van der Waals surface area contributed by atoms with Crippen molar-refractivity contribution in [2.45, 2.75) is 30.9 Å². The van der Waals surface area contributed by atoms with E-state index in [1.807, 2.05) is 48.5 Å². The van der Waals surface area contributed by atoms with Crippen LogP contribution in [0.4, 0.5) is 0 Å². The minimum atomic E-state index is -0.914. The molecule has 8 nitrogen and oxygen atoms in total. The molecule has 206 valence electrons. The van der Waals surface area contributed by atoms with Gasteiger partial charge >= 0.3 is 0 Å². The first kappa shape index (κ1) is 26.8. The molecule has 2 aliphatic rings. The summed E-state index contributed by atoms with van der Waals surface area (Å²) in [6.45, 7) is 3.51. The number of nitrogens with zero attached hydrogens (tertiary/aromatic N) is 1. The number of carbonyl (C=O) groups excluding carboxylic acids is 1. The van der Waals surface area contributed by atoms with Gasteiger partial charge < -0.3 is 34.3 Å². The van der Waals surface area contributed by atoms with Crippen molar-refractivity contribution >= 4 is 5.91 Å². The molecule has 3 atom stereocenters. The van der Waals surface area contributed by atoms with E-state index in [-0.39, 0.29) is 18.9 Å². The Bertz CT molecular complexity index is 1220. The summed E-state index contributed by atoms with van der Waals surface area (Å²) in [7, 11) is 1.61. The van der Waals surface area contributed by atoms with Crippen molar-refractivity contribution < 1.29 is 28.8 Å². The van der Waals surface area contributed by atoms with Gasteiger partial charge in [-0.1, -0.05) is 36.4 Å². The number of benzene rings is 3. The minimum Gasteiger partial charge on any atom is -0.497 e. The van der Waals surface area contributed by atoms with Crippen molar-refractivity contribution in [1.82, 2.24) is 10.2 Å². The Morgan fingerprint density at radius 2 is 1.77 bits per heavy atom. The second-order valence-corrected chi connectivity index (χ2v) is 9.95. The molecule has 0 aromatic heterocycles. The molecule has 1 amide bonds. The number of rotatable bonds is 11. The number of likely N-dealkylation sites (tertiary alicyclic amines) is 1. The molecular weight excluding hydrogens is 496 g/mol. The van der Waals surface area contributed by atoms with Gasteiger partial charge in [0, 0.05) is 13.1 Å². The van der Waals surface area contributed by atoms with Gasteiger partial charge in [-0.2, -0.15) is 0 Å². The number of aliphatic hydroxyl groups is 1. The van der Waals surface area contributed by atoms with Crippen LogP contribution in [0.2, 0.25) is 0 Å². The van der Waals surface area contributed by atoms with Gasteiger partial charge in [-0.15, -0.1) is 0 Å². The summed E-state index contributed by atoms with van der Waals surface area (Å²) in [4.78, 5) is 15.3. The second kappa shape index (κ2) is 12.9. The Morgan fingerprint density at radius 3 is 2.54 bits per heavy atom. The van der Waals surface area contributed by atoms with E-state index in [1.54, 1.807) is 7.11 Å². The fourth-order valence-electron chi connectivity index (χ4n) is 5.19. The Morgan fingerprint density at radius 1 is 1.03 bits per heavy atom. The van der Waals surface area contributed by atoms with Crippen LogP contribution in [-0.4, -0.2) is 68.5 Å². The number of aliphatic hydroxyl groups excluding tert-OH is 1. The summed E-state index contributed by atoms with van der Waals surface area (Å²) in [5, 5.41) is 14.5. The van der Waals surface area contributed by atoms with Gasteiger partial charge in [0.25, 0.3) is 0 Å². The summed E-state index contributed by atoms with van der Waals surface area (Å²) in [6, 6.07) is 22.7. The van der Waals surface area contributed by atoms with E-state index in [9.17, 15) is 9.90 Å². The first-order valence-corrected chi connectivity index (χ1v) is 13.5. The average molecular weight is 533 g/mol. The van der Waals surface area contributed by atoms with Crippen LogP contribution in [0.25, 0.3) is 0 Å². The summed E-state index contributed by atoms with van der Waals surface area (Å²) < 4.78 is 22.3. The molecule has 2 aliphatic heterocycles. The molecule has 8 heteroatoms. The molecule has 2 unspecified atom stereocenters. The maximum atomic E-state index is 13.0. The van der Waals surface area contributed by atoms with Gasteiger partial charge in [0.15, 0.2) is 11.5 Å². The SMILES string of the molecule is COc1ccc(OCCC(=O)N[C@H](CN2CCC(c3ccccc3)C2)C(O)c2ccc3c(c2)OCCO3)cc1. The number of fused-ring (bicyclic) bond motifs is 1. The number of hydrogen-bond acceptors (Lipinski definition) is 7. The first-order chi connectivity index (χ1) is 19.1. The molecule has 3 aromatic rings. The van der Waals surface area contributed by atoms with E-state index in [2.05, 4.69) is 34.5 Å². The molecule has 1 fully saturated rings. The van der Waals surface area contributed by atoms with Crippen LogP contribution in [0.15, 0.2) is 72.8 Å². The van der Waals surface area contributed by atoms with E-state index >= 15 is 0 Å². The number of nitrogens with one attached hydrogen (secondary N) is 1. The molecule has 2 heterocycles. The highest BCUT2D eigenvalue weighted by molar-refractivity contribution is 5.76. The predicted octanol–water partition coefficient (Wildman–Crippen LogP) is 3.94. The average Bonchev–Trinajstić information content (AvgIpc) is 3.45. The third kappa shape index (κ3) is 7.02. The molecule has 2 N–H and O–H groups in total. The van der Waals surface area contributed by atoms with E-state index in [1.165, 1.54) is 5.56 Å². The normalized spacial score (nSPS) is 18.3. The van der Waals surface area contributed by atoms with Crippen LogP contribution >= 0.6 is 0 Å². The Kier molecular flexibility index (Phi) is 8.85. The van der Waals surface area contributed by atoms with E-state index in [0.29, 0.717) is 48.5 Å². The van der Waals surface area contributed by atoms with Gasteiger partial charge in [0.2, 0.25) is 5.91 Å². The van der Waals surface area contributed by atoms with Crippen molar-refractivity contribution in [2.24, 2.45) is 0 Å². The fourth-order valence-corrected chi connectivity index (χ4v) is 5.19. The molecular formula is C31H36N2O6. The Balaban J connectivity index is 1.23. The minimum absolute atomic E-state index is 0.170. The molecule has 1 saturated heterocycles. The van der Waals surface area contributed by atoms with Gasteiger partial charge in [0.1, 0.15) is 30.8 Å². The quantitative estimate of drug-likeness (QED) is 0.387. The number of methoxy groups -OCH3 is 1. The monoisotopic (exact) mass is 532 g/mol. The van der Waals surface area contributed by atoms with Gasteiger partial charge in [-0.05, 0) is 66.4 Å². The number of carbonyl (C=O) groups is 1. The van der Waals surface area contributed by atoms with Gasteiger partial charge in [-0.25, -0.2) is 0 Å². The lowest BCUT2D eigenvalue weighted by molar-refractivity contribution is -0.123. The molecule has 5 rings (SSSR count). The van der Waals surface area contributed by atoms with Gasteiger partial charge in [0.05, 0.1) is 26.2 Å². The fraction of sp³-hybridized carbons (Fsp3) is 0.387. The molecule has 0 saturated carbocycles. The second-order valence-electron chi connectivity index (χ2n) is 9.95. The molecule has 39 heavy (non-hydrogen) atoms. The van der Waals surface area contributed by atoms with E-state index < -0.39 is 12.1 Å². The van der Waals surface area contributed by atoms with Crippen molar-refractivity contribution in [1.29, 1.82) is 0 Å². The standard InChI is InChI=1S/C31H36N2O6/c1-36-25-8-10-26(11-9-25)37-16-14-30(34)32-27(21-33-15-13-24(20-33)22-5-3-2-4-6-22)31(35)23-7-12-28-29(19-23)39-18-17-38-28/h2-12,19,24,27,31,35H,13-18,20-21H2,1H3,(H,32,34)/t24?,27-,31?/m1/s1. The summed E-state index contributed by atoms with van der Waals surface area (Å²) >= 11 is 0. The zero-order valence-corrected chi connectivity index (χ0v) is 22.3. The van der Waals surface area contributed by atoms with Gasteiger partial charge in [-0.3, -0.25) is 4.79 Å². The number of hydrogen-bond donors (Lipinski definition) is 2. The summed E-state index contributed by atoms with van der Waals surface area (Å²) in [6.07, 6.45) is 0.298. The largest absolute Gasteiger partial charge is 0.497 e. The maximum absolute atomic E-state index is 13.0. The zero-order chi connectivity index (χ0) is 27.0. The molecule has 0 bridgehead atoms. The predicted molar refractivity (Wildman–Crippen MR) is 148 cm³/mol. The number of ether oxygens (including phenoxy) is 4. The highest BCUT2D eigenvalue weighted by atomic mass is 16.6. The third-order valence-corrected chi connectivity index (χ3v) is 7.29. The Hall–Kier alpha value is -3.75. The smallest absolute Gasteiger partial charge is 0.223 e. The topological polar surface area (TPSA) is 89.5 Å². The molecule has 0 aliphatic carbocycles. The first-order valence-electron chi connectivity index (χ1n) is 13.5. The third-order valence-electron chi connectivity index (χ3n) is 7.29. The summed E-state index contributed by atoms with van der Waals surface area (Å²) in [5.74, 6) is 2.95. The van der Waals surface area contributed by atoms with Crippen LogP contribution in [0, 0.1) is 0 Å². The van der Waals surface area contributed by atoms with Crippen molar-refractivity contribution in [3.8, 4) is 23.0 Å². The molecule has 0 spiro atoms. The highest BCUT2D eigenvalue weighted by Crippen LogP contribution is 2.34. The maximum Gasteiger partial charge on any atom is 0.223 e. The van der Waals surface area contributed by atoms with E-state index in [4.69, 9.17) is 18.9 Å². The van der Waals surface area contributed by atoms with Crippen molar-refractivity contribution in [3.63, 3.8) is 0 Å². The van der Waals surface area contributed by atoms with Crippen LogP contribution in [0.5, 0.6) is 23.0 Å². The molecule has 3 aromatic carbocycles. The van der Waals surface area contributed by atoms with Crippen LogP contribution in [0.1, 0.15) is 36.0 Å². The highest BCUT2D eigenvalue weighted by Gasteiger charge is 2.30. The lowest BCUT2D eigenvalue weighted by Crippen LogP contribution is -2.47. The number of amides is 1. The lowest BCUT2D eigenvalue weighted by atomic mass is 9.98. The lowest BCUT2D eigenvalue weighted by Gasteiger charge is -2.29. The van der Waals surface area contributed by atoms with Crippen LogP contribution in [0.3, 0.4) is 0 Å². The van der Waals surface area contributed by atoms with Crippen LogP contribution < -0.4 is 24.3 Å². The molecule has 0 radical (unpaired) electrons. The van der Waals surface area contributed by atoms with Crippen LogP contribution in [-0.2, 0) is 4.79 Å². The van der Waals surface area contributed by atoms with E-state index in [0.717, 1.165) is 25.3 Å². The van der Waals surface area contributed by atoms with Crippen molar-refractivity contribution in [2.75, 3.05) is 46.6 Å². The summed E-state index contributed by atoms with van der Waals surface area (Å²) in [5.41, 5.74) is 2.00. The Labute approximate surface area is 229 Å². The zero-order valence-electron chi connectivity index (χ0n) is 22.3. The van der Waals surface area contributed by atoms with Crippen molar-refractivity contribution in [3.05, 3.63) is 83.9 Å².